The van der Waals surface area contributed by atoms with Crippen molar-refractivity contribution in [3.8, 4) is 0 Å². The first-order valence-corrected chi connectivity index (χ1v) is 6.16. The third-order valence-corrected chi connectivity index (χ3v) is 2.71. The van der Waals surface area contributed by atoms with Gasteiger partial charge in [0, 0.05) is 12.0 Å². The van der Waals surface area contributed by atoms with Crippen molar-refractivity contribution in [1.82, 2.24) is 0 Å². The summed E-state index contributed by atoms with van der Waals surface area (Å²) in [6, 6.07) is 0. The molecule has 0 bridgehead atoms. The van der Waals surface area contributed by atoms with E-state index in [4.69, 9.17) is 14.2 Å². The normalized spacial score (nSPS) is 28.8. The molecule has 1 heterocycles. The summed E-state index contributed by atoms with van der Waals surface area (Å²) in [5, 5.41) is 0. The van der Waals surface area contributed by atoms with Gasteiger partial charge in [-0.15, -0.1) is 0 Å². The summed E-state index contributed by atoms with van der Waals surface area (Å²) >= 11 is 0. The average molecular weight is 242 g/mol. The number of hydrogen-bond donors (Lipinski definition) is 0. The zero-order chi connectivity index (χ0) is 12.8. The molecule has 0 aromatic heterocycles. The van der Waals surface area contributed by atoms with Crippen LogP contribution in [-0.2, 0) is 19.0 Å². The number of carbonyl (C=O) groups excluding carboxylic acids is 1. The van der Waals surface area contributed by atoms with E-state index < -0.39 is 0 Å². The molecule has 0 amide bonds. The first kappa shape index (κ1) is 14.2. The smallest absolute Gasteiger partial charge is 0.333 e. The van der Waals surface area contributed by atoms with Crippen molar-refractivity contribution in [1.29, 1.82) is 0 Å². The van der Waals surface area contributed by atoms with Crippen molar-refractivity contribution in [3.63, 3.8) is 0 Å². The molecule has 1 saturated heterocycles. The predicted octanol–water partition coefficient (Wildman–Crippen LogP) is 2.43. The van der Waals surface area contributed by atoms with E-state index in [2.05, 4.69) is 13.5 Å². The molecule has 4 heteroatoms. The summed E-state index contributed by atoms with van der Waals surface area (Å²) in [5.74, 6) is -0.360. The van der Waals surface area contributed by atoms with Crippen LogP contribution in [0.5, 0.6) is 0 Å². The molecule has 98 valence electrons. The first-order chi connectivity index (χ1) is 8.02. The Morgan fingerprint density at radius 3 is 2.76 bits per heavy atom. The lowest BCUT2D eigenvalue weighted by atomic mass is 10.1. The van der Waals surface area contributed by atoms with Crippen molar-refractivity contribution >= 4 is 5.97 Å². The predicted molar refractivity (Wildman–Crippen MR) is 64.5 cm³/mol. The fourth-order valence-corrected chi connectivity index (χ4v) is 1.76. The maximum absolute atomic E-state index is 11.2. The summed E-state index contributed by atoms with van der Waals surface area (Å²) in [5.41, 5.74) is 0.412. The summed E-state index contributed by atoms with van der Waals surface area (Å²) in [4.78, 5) is 11.2. The van der Waals surface area contributed by atoms with E-state index in [0.29, 0.717) is 18.6 Å². The quantitative estimate of drug-likeness (QED) is 0.548. The maximum Gasteiger partial charge on any atom is 0.333 e. The molecular formula is C13H22O4. The van der Waals surface area contributed by atoms with Crippen molar-refractivity contribution in [3.05, 3.63) is 12.2 Å². The molecule has 0 aliphatic carbocycles. The van der Waals surface area contributed by atoms with Crippen LogP contribution in [0.15, 0.2) is 12.2 Å². The largest absolute Gasteiger partial charge is 0.462 e. The van der Waals surface area contributed by atoms with Gasteiger partial charge in [0.2, 0.25) is 0 Å². The molecule has 0 radical (unpaired) electrons. The molecule has 0 aromatic rings. The second kappa shape index (κ2) is 6.77. The molecule has 17 heavy (non-hydrogen) atoms. The van der Waals surface area contributed by atoms with E-state index >= 15 is 0 Å². The molecule has 0 N–H and O–H groups in total. The van der Waals surface area contributed by atoms with Crippen LogP contribution in [-0.4, -0.2) is 31.1 Å². The van der Waals surface area contributed by atoms with Crippen LogP contribution in [0.1, 0.15) is 40.0 Å². The molecule has 4 nitrogen and oxygen atoms in total. The van der Waals surface area contributed by atoms with Crippen LogP contribution in [0.4, 0.5) is 0 Å². The van der Waals surface area contributed by atoms with E-state index in [9.17, 15) is 4.79 Å². The van der Waals surface area contributed by atoms with Gasteiger partial charge in [-0.25, -0.2) is 4.79 Å². The summed E-state index contributed by atoms with van der Waals surface area (Å²) < 4.78 is 16.3. The number of hydrogen-bond acceptors (Lipinski definition) is 4. The fraction of sp³-hybridized carbons (Fsp3) is 0.769. The molecular weight excluding hydrogens is 220 g/mol. The fourth-order valence-electron chi connectivity index (χ4n) is 1.76. The van der Waals surface area contributed by atoms with Crippen LogP contribution in [0.25, 0.3) is 0 Å². The zero-order valence-electron chi connectivity index (χ0n) is 10.9. The van der Waals surface area contributed by atoms with Gasteiger partial charge < -0.3 is 14.2 Å². The summed E-state index contributed by atoms with van der Waals surface area (Å²) in [6.07, 6.45) is 2.67. The average Bonchev–Trinajstić information content (AvgIpc) is 2.27. The van der Waals surface area contributed by atoms with E-state index in [1.807, 2.05) is 6.92 Å². The standard InChI is InChI=1S/C13H22O4/c1-5-11-8-10(4)16-12(17-11)6-7-15-13(14)9(2)3/h10-12H,2,5-8H2,1,3-4H3. The van der Waals surface area contributed by atoms with Gasteiger partial charge in [-0.2, -0.15) is 0 Å². The summed E-state index contributed by atoms with van der Waals surface area (Å²) in [6.45, 7) is 9.59. The van der Waals surface area contributed by atoms with Gasteiger partial charge in [-0.3, -0.25) is 0 Å². The van der Waals surface area contributed by atoms with Crippen LogP contribution in [0.3, 0.4) is 0 Å². The number of carbonyl (C=O) groups is 1. The molecule has 3 atom stereocenters. The van der Waals surface area contributed by atoms with Crippen LogP contribution in [0, 0.1) is 0 Å². The van der Waals surface area contributed by atoms with Gasteiger partial charge in [-0.1, -0.05) is 13.5 Å². The van der Waals surface area contributed by atoms with Crippen LogP contribution in [0.2, 0.25) is 0 Å². The number of ether oxygens (including phenoxy) is 3. The Labute approximate surface area is 103 Å². The van der Waals surface area contributed by atoms with E-state index in [1.165, 1.54) is 0 Å². The highest BCUT2D eigenvalue weighted by atomic mass is 16.7. The Morgan fingerprint density at radius 1 is 1.47 bits per heavy atom. The maximum atomic E-state index is 11.2. The SMILES string of the molecule is C=C(C)C(=O)OCCC1OC(C)CC(CC)O1. The van der Waals surface area contributed by atoms with Gasteiger partial charge in [0.1, 0.15) is 0 Å². The number of rotatable bonds is 5. The second-order valence-corrected chi connectivity index (χ2v) is 4.48. The third-order valence-electron chi connectivity index (χ3n) is 2.71. The summed E-state index contributed by atoms with van der Waals surface area (Å²) in [7, 11) is 0. The lowest BCUT2D eigenvalue weighted by molar-refractivity contribution is -0.243. The molecule has 1 rings (SSSR count). The van der Waals surface area contributed by atoms with Crippen molar-refractivity contribution < 1.29 is 19.0 Å². The molecule has 0 spiro atoms. The molecule has 0 aromatic carbocycles. The van der Waals surface area contributed by atoms with Crippen molar-refractivity contribution in [2.24, 2.45) is 0 Å². The monoisotopic (exact) mass is 242 g/mol. The third kappa shape index (κ3) is 4.88. The number of esters is 1. The minimum Gasteiger partial charge on any atom is -0.462 e. The molecule has 1 fully saturated rings. The van der Waals surface area contributed by atoms with Crippen LogP contribution < -0.4 is 0 Å². The van der Waals surface area contributed by atoms with Gasteiger partial charge in [0.05, 0.1) is 18.8 Å². The highest BCUT2D eigenvalue weighted by Gasteiger charge is 2.26. The van der Waals surface area contributed by atoms with Crippen molar-refractivity contribution in [2.75, 3.05) is 6.61 Å². The first-order valence-electron chi connectivity index (χ1n) is 6.16. The lowest BCUT2D eigenvalue weighted by Gasteiger charge is -2.33. The Hall–Kier alpha value is -0.870. The highest BCUT2D eigenvalue weighted by Crippen LogP contribution is 2.22. The lowest BCUT2D eigenvalue weighted by Crippen LogP contribution is -2.37. The van der Waals surface area contributed by atoms with Gasteiger partial charge in [-0.05, 0) is 26.7 Å². The minimum absolute atomic E-state index is 0.204. The van der Waals surface area contributed by atoms with Crippen molar-refractivity contribution in [2.45, 2.75) is 58.5 Å². The zero-order valence-corrected chi connectivity index (χ0v) is 10.9. The molecule has 1 aliphatic rings. The highest BCUT2D eigenvalue weighted by molar-refractivity contribution is 5.86. The van der Waals surface area contributed by atoms with E-state index in [-0.39, 0.29) is 24.5 Å². The van der Waals surface area contributed by atoms with E-state index in [1.54, 1.807) is 6.92 Å². The van der Waals surface area contributed by atoms with Crippen LogP contribution >= 0.6 is 0 Å². The van der Waals surface area contributed by atoms with Gasteiger partial charge in [0.25, 0.3) is 0 Å². The molecule has 3 unspecified atom stereocenters. The Balaban J connectivity index is 2.26. The Morgan fingerprint density at radius 2 is 2.18 bits per heavy atom. The molecule has 0 saturated carbocycles. The van der Waals surface area contributed by atoms with Gasteiger partial charge in [0.15, 0.2) is 6.29 Å². The Kier molecular flexibility index (Phi) is 5.65. The van der Waals surface area contributed by atoms with Gasteiger partial charge >= 0.3 is 5.97 Å². The molecule has 1 aliphatic heterocycles. The minimum atomic E-state index is -0.360. The topological polar surface area (TPSA) is 44.8 Å². The Bertz CT molecular complexity index is 275. The van der Waals surface area contributed by atoms with E-state index in [0.717, 1.165) is 12.8 Å². The second-order valence-electron chi connectivity index (χ2n) is 4.48.